The molecule has 1 N–H and O–H groups in total. The summed E-state index contributed by atoms with van der Waals surface area (Å²) in [6.07, 6.45) is 0.512. The molecule has 5 heteroatoms. The number of imide groups is 1. The fraction of sp³-hybridized carbons (Fsp3) is 0.750. The number of hydrogen-bond donors (Lipinski definition) is 1. The summed E-state index contributed by atoms with van der Waals surface area (Å²) in [5.74, 6) is -0.441. The van der Waals surface area contributed by atoms with E-state index >= 15 is 0 Å². The molecule has 0 aliphatic carbocycles. The molecule has 3 amide bonds. The second-order valence-corrected chi connectivity index (χ2v) is 5.68. The Bertz CT molecular complexity index is 370. The van der Waals surface area contributed by atoms with Crippen LogP contribution in [0.25, 0.3) is 0 Å². The number of ketones is 1. The SMILES string of the molecule is CCC1(C)NC(=O)N(CC(=O)C(C)(C)C)C1=O. The summed E-state index contributed by atoms with van der Waals surface area (Å²) < 4.78 is 0. The highest BCUT2D eigenvalue weighted by atomic mass is 16.2. The van der Waals surface area contributed by atoms with Crippen molar-refractivity contribution in [2.75, 3.05) is 6.54 Å². The number of carbonyl (C=O) groups is 3. The Kier molecular flexibility index (Phi) is 3.32. The quantitative estimate of drug-likeness (QED) is 0.757. The fourth-order valence-electron chi connectivity index (χ4n) is 1.51. The molecule has 0 spiro atoms. The average molecular weight is 240 g/mol. The second-order valence-electron chi connectivity index (χ2n) is 5.68. The maximum absolute atomic E-state index is 12.0. The number of urea groups is 1. The smallest absolute Gasteiger partial charge is 0.323 e. The Morgan fingerprint density at radius 2 is 1.88 bits per heavy atom. The van der Waals surface area contributed by atoms with Gasteiger partial charge in [0.15, 0.2) is 5.78 Å². The van der Waals surface area contributed by atoms with E-state index in [0.717, 1.165) is 4.90 Å². The summed E-state index contributed by atoms with van der Waals surface area (Å²) >= 11 is 0. The Morgan fingerprint density at radius 1 is 1.35 bits per heavy atom. The van der Waals surface area contributed by atoms with Gasteiger partial charge in [-0.1, -0.05) is 27.7 Å². The monoisotopic (exact) mass is 240 g/mol. The Hall–Kier alpha value is -1.39. The van der Waals surface area contributed by atoms with Crippen LogP contribution in [0.15, 0.2) is 0 Å². The number of hydrogen-bond acceptors (Lipinski definition) is 3. The molecule has 1 atom stereocenters. The molecule has 0 bridgehead atoms. The first-order valence-electron chi connectivity index (χ1n) is 5.79. The Labute approximate surface area is 102 Å². The third-order valence-electron chi connectivity index (χ3n) is 3.19. The van der Waals surface area contributed by atoms with Gasteiger partial charge in [-0.2, -0.15) is 0 Å². The van der Waals surface area contributed by atoms with Crippen LogP contribution >= 0.6 is 0 Å². The first-order valence-corrected chi connectivity index (χ1v) is 5.79. The van der Waals surface area contributed by atoms with Gasteiger partial charge in [0.25, 0.3) is 5.91 Å². The number of rotatable bonds is 3. The highest BCUT2D eigenvalue weighted by molar-refractivity contribution is 6.09. The molecule has 1 heterocycles. The predicted molar refractivity (Wildman–Crippen MR) is 63.4 cm³/mol. The molecule has 1 aliphatic rings. The third kappa shape index (κ3) is 2.48. The highest BCUT2D eigenvalue weighted by Crippen LogP contribution is 2.22. The highest BCUT2D eigenvalue weighted by Gasteiger charge is 2.47. The normalized spacial score (nSPS) is 25.1. The molecule has 0 saturated carbocycles. The van der Waals surface area contributed by atoms with Crippen LogP contribution in [0.1, 0.15) is 41.0 Å². The number of amides is 3. The summed E-state index contributed by atoms with van der Waals surface area (Å²) in [7, 11) is 0. The van der Waals surface area contributed by atoms with E-state index in [1.54, 1.807) is 27.7 Å². The van der Waals surface area contributed by atoms with Crippen molar-refractivity contribution in [1.29, 1.82) is 0 Å². The zero-order valence-electron chi connectivity index (χ0n) is 11.1. The van der Waals surface area contributed by atoms with Crippen LogP contribution in [0, 0.1) is 5.41 Å². The van der Waals surface area contributed by atoms with Crippen LogP contribution in [0.4, 0.5) is 4.79 Å². The molecule has 1 fully saturated rings. The third-order valence-corrected chi connectivity index (χ3v) is 3.19. The summed E-state index contributed by atoms with van der Waals surface area (Å²) in [5, 5.41) is 2.62. The largest absolute Gasteiger partial charge is 0.325 e. The molecule has 0 radical (unpaired) electrons. The zero-order valence-corrected chi connectivity index (χ0v) is 11.1. The van der Waals surface area contributed by atoms with Crippen LogP contribution in [0.2, 0.25) is 0 Å². The van der Waals surface area contributed by atoms with Crippen molar-refractivity contribution in [2.24, 2.45) is 5.41 Å². The summed E-state index contributed by atoms with van der Waals surface area (Å²) in [6, 6.07) is -0.475. The lowest BCUT2D eigenvalue weighted by Gasteiger charge is -2.22. The molecule has 5 nitrogen and oxygen atoms in total. The molecular weight excluding hydrogens is 220 g/mol. The van der Waals surface area contributed by atoms with Gasteiger partial charge < -0.3 is 5.32 Å². The minimum Gasteiger partial charge on any atom is -0.323 e. The van der Waals surface area contributed by atoms with Gasteiger partial charge in [0, 0.05) is 5.41 Å². The van der Waals surface area contributed by atoms with E-state index < -0.39 is 17.0 Å². The van der Waals surface area contributed by atoms with Crippen LogP contribution in [0.5, 0.6) is 0 Å². The van der Waals surface area contributed by atoms with Gasteiger partial charge in [-0.25, -0.2) is 4.79 Å². The molecule has 1 aliphatic heterocycles. The molecule has 1 unspecified atom stereocenters. The molecule has 0 aromatic rings. The number of nitrogens with zero attached hydrogens (tertiary/aromatic N) is 1. The maximum atomic E-state index is 12.0. The summed E-state index contributed by atoms with van der Waals surface area (Å²) in [6.45, 7) is 8.66. The maximum Gasteiger partial charge on any atom is 0.325 e. The Morgan fingerprint density at radius 3 is 2.24 bits per heavy atom. The van der Waals surface area contributed by atoms with Crippen molar-refractivity contribution in [3.63, 3.8) is 0 Å². The topological polar surface area (TPSA) is 66.5 Å². The summed E-state index contributed by atoms with van der Waals surface area (Å²) in [5.41, 5.74) is -1.42. The molecule has 17 heavy (non-hydrogen) atoms. The van der Waals surface area contributed by atoms with Gasteiger partial charge >= 0.3 is 6.03 Å². The molecule has 0 aromatic carbocycles. The van der Waals surface area contributed by atoms with E-state index in [9.17, 15) is 14.4 Å². The number of carbonyl (C=O) groups excluding carboxylic acids is 3. The van der Waals surface area contributed by atoms with E-state index in [1.807, 2.05) is 6.92 Å². The number of Topliss-reactive ketones (excluding diaryl/α,β-unsaturated/α-hetero) is 1. The van der Waals surface area contributed by atoms with Gasteiger partial charge in [0.2, 0.25) is 0 Å². The minimum absolute atomic E-state index is 0.124. The molecular formula is C12H20N2O3. The zero-order chi connectivity index (χ0) is 13.4. The standard InChI is InChI=1S/C12H20N2O3/c1-6-12(5)9(16)14(10(17)13-12)7-8(15)11(2,3)4/h6-7H2,1-5H3,(H,13,17). The number of nitrogens with one attached hydrogen (secondary N) is 1. The molecule has 1 rings (SSSR count). The van der Waals surface area contributed by atoms with E-state index in [2.05, 4.69) is 5.32 Å². The van der Waals surface area contributed by atoms with Gasteiger partial charge in [-0.15, -0.1) is 0 Å². The van der Waals surface area contributed by atoms with Crippen LogP contribution < -0.4 is 5.32 Å². The van der Waals surface area contributed by atoms with Crippen molar-refractivity contribution in [3.05, 3.63) is 0 Å². The average Bonchev–Trinajstić information content (AvgIpc) is 2.41. The van der Waals surface area contributed by atoms with Crippen LogP contribution in [-0.4, -0.2) is 34.7 Å². The lowest BCUT2D eigenvalue weighted by molar-refractivity contribution is -0.136. The molecule has 0 aromatic heterocycles. The van der Waals surface area contributed by atoms with Crippen molar-refractivity contribution < 1.29 is 14.4 Å². The van der Waals surface area contributed by atoms with Gasteiger partial charge in [0.05, 0.1) is 6.54 Å². The predicted octanol–water partition coefficient (Wildman–Crippen LogP) is 1.32. The molecule has 1 saturated heterocycles. The van der Waals surface area contributed by atoms with Gasteiger partial charge in [-0.3, -0.25) is 14.5 Å². The van der Waals surface area contributed by atoms with E-state index in [4.69, 9.17) is 0 Å². The van der Waals surface area contributed by atoms with Crippen molar-refractivity contribution >= 4 is 17.7 Å². The van der Waals surface area contributed by atoms with Crippen molar-refractivity contribution in [2.45, 2.75) is 46.6 Å². The van der Waals surface area contributed by atoms with E-state index in [-0.39, 0.29) is 18.2 Å². The van der Waals surface area contributed by atoms with E-state index in [1.165, 1.54) is 0 Å². The van der Waals surface area contributed by atoms with E-state index in [0.29, 0.717) is 6.42 Å². The lowest BCUT2D eigenvalue weighted by Crippen LogP contribution is -2.44. The van der Waals surface area contributed by atoms with Crippen molar-refractivity contribution in [3.8, 4) is 0 Å². The minimum atomic E-state index is -0.866. The molecule has 96 valence electrons. The Balaban J connectivity index is 2.84. The van der Waals surface area contributed by atoms with Gasteiger partial charge in [-0.05, 0) is 13.3 Å². The summed E-state index contributed by atoms with van der Waals surface area (Å²) in [4.78, 5) is 36.5. The first-order chi connectivity index (χ1) is 7.62. The first kappa shape index (κ1) is 13.7. The fourth-order valence-corrected chi connectivity index (χ4v) is 1.51. The van der Waals surface area contributed by atoms with Crippen LogP contribution in [-0.2, 0) is 9.59 Å². The van der Waals surface area contributed by atoms with Crippen LogP contribution in [0.3, 0.4) is 0 Å². The van der Waals surface area contributed by atoms with Crippen molar-refractivity contribution in [1.82, 2.24) is 10.2 Å². The lowest BCUT2D eigenvalue weighted by atomic mass is 9.90. The van der Waals surface area contributed by atoms with Gasteiger partial charge in [0.1, 0.15) is 5.54 Å². The second kappa shape index (κ2) is 4.13.